The molecule has 1 atom stereocenters. The zero-order valence-electron chi connectivity index (χ0n) is 19.1. The predicted octanol–water partition coefficient (Wildman–Crippen LogP) is 6.44. The molecule has 1 aliphatic heterocycles. The first kappa shape index (κ1) is 22.7. The molecule has 176 valence electrons. The number of nitrogens with zero attached hydrogens (tertiary/aromatic N) is 2. The van der Waals surface area contributed by atoms with Crippen LogP contribution in [0.5, 0.6) is 0 Å². The van der Waals surface area contributed by atoms with Crippen LogP contribution >= 0.6 is 11.6 Å². The van der Waals surface area contributed by atoms with Gasteiger partial charge in [-0.05, 0) is 54.4 Å². The lowest BCUT2D eigenvalue weighted by Crippen LogP contribution is -2.38. The summed E-state index contributed by atoms with van der Waals surface area (Å²) in [7, 11) is 0. The van der Waals surface area contributed by atoms with Crippen LogP contribution in [0.25, 0.3) is 5.69 Å². The van der Waals surface area contributed by atoms with Crippen molar-refractivity contribution < 1.29 is 14.3 Å². The standard InChI is InChI=1S/C28H24ClN3O3/c1-2-35-27(33)21-12-5-7-14-23(21)30-28(34)32-18-19-10-3-8-15-24(19)31-17-9-16-25(31)26(32)20-11-4-6-13-22(20)29/h3-17,26H,2,18H2,1H3,(H,30,34). The fourth-order valence-electron chi connectivity index (χ4n) is 4.53. The molecular formula is C28H24ClN3O3. The maximum Gasteiger partial charge on any atom is 0.340 e. The number of aromatic nitrogens is 1. The monoisotopic (exact) mass is 485 g/mol. The maximum atomic E-state index is 13.9. The summed E-state index contributed by atoms with van der Waals surface area (Å²) in [6.07, 6.45) is 2.00. The zero-order chi connectivity index (χ0) is 24.4. The Balaban J connectivity index is 1.61. The molecule has 2 heterocycles. The Hall–Kier alpha value is -4.03. The highest BCUT2D eigenvalue weighted by molar-refractivity contribution is 6.31. The van der Waals surface area contributed by atoms with E-state index in [1.807, 2.05) is 66.9 Å². The van der Waals surface area contributed by atoms with E-state index < -0.39 is 12.0 Å². The highest BCUT2D eigenvalue weighted by atomic mass is 35.5. The van der Waals surface area contributed by atoms with Crippen LogP contribution in [0.3, 0.4) is 0 Å². The molecule has 5 rings (SSSR count). The van der Waals surface area contributed by atoms with Crippen molar-refractivity contribution in [2.45, 2.75) is 19.5 Å². The fourth-order valence-corrected chi connectivity index (χ4v) is 4.77. The summed E-state index contributed by atoms with van der Waals surface area (Å²) in [6.45, 7) is 2.34. The number of carbonyl (C=O) groups is 2. The second-order valence-corrected chi connectivity index (χ2v) is 8.59. The number of halogens is 1. The lowest BCUT2D eigenvalue weighted by atomic mass is 10.0. The number of nitrogens with one attached hydrogen (secondary N) is 1. The molecule has 1 aromatic heterocycles. The molecule has 7 heteroatoms. The van der Waals surface area contributed by atoms with Gasteiger partial charge in [0.1, 0.15) is 6.04 Å². The number of para-hydroxylation sites is 2. The van der Waals surface area contributed by atoms with Crippen LogP contribution in [0.1, 0.15) is 40.1 Å². The van der Waals surface area contributed by atoms with E-state index in [-0.39, 0.29) is 12.6 Å². The van der Waals surface area contributed by atoms with E-state index in [9.17, 15) is 9.59 Å². The minimum absolute atomic E-state index is 0.246. The smallest absolute Gasteiger partial charge is 0.340 e. The normalized spacial score (nSPS) is 14.5. The Morgan fingerprint density at radius 2 is 1.71 bits per heavy atom. The molecule has 3 aromatic carbocycles. The Labute approximate surface area is 208 Å². The van der Waals surface area contributed by atoms with Crippen LogP contribution in [0.2, 0.25) is 5.02 Å². The van der Waals surface area contributed by atoms with Crippen LogP contribution in [0.4, 0.5) is 10.5 Å². The van der Waals surface area contributed by atoms with Crippen molar-refractivity contribution in [3.63, 3.8) is 0 Å². The first-order chi connectivity index (χ1) is 17.1. The summed E-state index contributed by atoms with van der Waals surface area (Å²) in [5.41, 5.74) is 4.42. The molecule has 1 unspecified atom stereocenters. The van der Waals surface area contributed by atoms with Gasteiger partial charge in [-0.3, -0.25) is 0 Å². The van der Waals surface area contributed by atoms with Crippen molar-refractivity contribution in [2.75, 3.05) is 11.9 Å². The number of amides is 2. The van der Waals surface area contributed by atoms with Gasteiger partial charge in [0.2, 0.25) is 0 Å². The number of esters is 1. The summed E-state index contributed by atoms with van der Waals surface area (Å²) in [5, 5.41) is 3.52. The summed E-state index contributed by atoms with van der Waals surface area (Å²) >= 11 is 6.66. The first-order valence-electron chi connectivity index (χ1n) is 11.4. The molecule has 0 saturated heterocycles. The SMILES string of the molecule is CCOC(=O)c1ccccc1NC(=O)N1Cc2ccccc2-n2cccc2C1c1ccccc1Cl. The average Bonchev–Trinajstić information content (AvgIpc) is 3.30. The van der Waals surface area contributed by atoms with E-state index in [0.29, 0.717) is 22.8 Å². The lowest BCUT2D eigenvalue weighted by molar-refractivity contribution is 0.0527. The van der Waals surface area contributed by atoms with E-state index in [1.165, 1.54) is 0 Å². The van der Waals surface area contributed by atoms with Crippen LogP contribution < -0.4 is 5.32 Å². The molecule has 1 aliphatic rings. The zero-order valence-corrected chi connectivity index (χ0v) is 19.9. The molecule has 0 spiro atoms. The Bertz CT molecular complexity index is 1400. The van der Waals surface area contributed by atoms with Crippen LogP contribution in [-0.4, -0.2) is 28.1 Å². The third-order valence-electron chi connectivity index (χ3n) is 6.09. The average molecular weight is 486 g/mol. The number of hydrogen-bond donors (Lipinski definition) is 1. The van der Waals surface area contributed by atoms with E-state index in [1.54, 1.807) is 36.1 Å². The number of carbonyl (C=O) groups excluding carboxylic acids is 2. The van der Waals surface area contributed by atoms with Crippen molar-refractivity contribution in [3.05, 3.63) is 119 Å². The van der Waals surface area contributed by atoms with Crippen LogP contribution in [-0.2, 0) is 11.3 Å². The highest BCUT2D eigenvalue weighted by Gasteiger charge is 2.34. The Morgan fingerprint density at radius 1 is 0.971 bits per heavy atom. The quantitative estimate of drug-likeness (QED) is 0.338. The van der Waals surface area contributed by atoms with E-state index in [2.05, 4.69) is 9.88 Å². The molecule has 0 aliphatic carbocycles. The minimum Gasteiger partial charge on any atom is -0.462 e. The Kier molecular flexibility index (Phi) is 6.29. The second kappa shape index (κ2) is 9.68. The van der Waals surface area contributed by atoms with Gasteiger partial charge in [-0.1, -0.05) is 60.1 Å². The van der Waals surface area contributed by atoms with E-state index in [0.717, 1.165) is 22.5 Å². The van der Waals surface area contributed by atoms with Gasteiger partial charge >= 0.3 is 12.0 Å². The van der Waals surface area contributed by atoms with Gasteiger partial charge in [-0.15, -0.1) is 0 Å². The highest BCUT2D eigenvalue weighted by Crippen LogP contribution is 2.39. The second-order valence-electron chi connectivity index (χ2n) is 8.18. The molecular weight excluding hydrogens is 462 g/mol. The van der Waals surface area contributed by atoms with Crippen molar-refractivity contribution in [3.8, 4) is 5.69 Å². The van der Waals surface area contributed by atoms with Gasteiger partial charge in [0, 0.05) is 11.2 Å². The number of urea groups is 1. The third kappa shape index (κ3) is 4.29. The summed E-state index contributed by atoms with van der Waals surface area (Å²) in [5.74, 6) is -0.485. The van der Waals surface area contributed by atoms with Gasteiger partial charge < -0.3 is 19.5 Å². The van der Waals surface area contributed by atoms with Gasteiger partial charge in [0.25, 0.3) is 0 Å². The molecule has 0 fully saturated rings. The number of hydrogen-bond acceptors (Lipinski definition) is 3. The molecule has 0 bridgehead atoms. The van der Waals surface area contributed by atoms with Crippen molar-refractivity contribution >= 4 is 29.3 Å². The summed E-state index contributed by atoms with van der Waals surface area (Å²) in [4.78, 5) is 28.1. The van der Waals surface area contributed by atoms with Crippen molar-refractivity contribution in [1.29, 1.82) is 0 Å². The third-order valence-corrected chi connectivity index (χ3v) is 6.43. The van der Waals surface area contributed by atoms with Gasteiger partial charge in [0.05, 0.1) is 35.8 Å². The molecule has 2 amide bonds. The largest absolute Gasteiger partial charge is 0.462 e. The molecule has 4 aromatic rings. The summed E-state index contributed by atoms with van der Waals surface area (Å²) in [6, 6.07) is 25.6. The van der Waals surface area contributed by atoms with Crippen molar-refractivity contribution in [2.24, 2.45) is 0 Å². The predicted molar refractivity (Wildman–Crippen MR) is 136 cm³/mol. The number of anilines is 1. The number of ether oxygens (including phenoxy) is 1. The number of fused-ring (bicyclic) bond motifs is 3. The lowest BCUT2D eigenvalue weighted by Gasteiger charge is -2.31. The molecule has 35 heavy (non-hydrogen) atoms. The summed E-state index contributed by atoms with van der Waals surface area (Å²) < 4.78 is 7.28. The van der Waals surface area contributed by atoms with Gasteiger partial charge in [0.15, 0.2) is 0 Å². The topological polar surface area (TPSA) is 63.6 Å². The molecule has 0 saturated carbocycles. The molecule has 0 radical (unpaired) electrons. The first-order valence-corrected chi connectivity index (χ1v) is 11.8. The van der Waals surface area contributed by atoms with E-state index >= 15 is 0 Å². The number of benzene rings is 3. The molecule has 6 nitrogen and oxygen atoms in total. The van der Waals surface area contributed by atoms with Gasteiger partial charge in [-0.2, -0.15) is 0 Å². The number of rotatable bonds is 4. The fraction of sp³-hybridized carbons (Fsp3) is 0.143. The van der Waals surface area contributed by atoms with E-state index in [4.69, 9.17) is 16.3 Å². The Morgan fingerprint density at radius 3 is 2.54 bits per heavy atom. The van der Waals surface area contributed by atoms with Crippen LogP contribution in [0.15, 0.2) is 91.1 Å². The van der Waals surface area contributed by atoms with Crippen molar-refractivity contribution in [1.82, 2.24) is 9.47 Å². The maximum absolute atomic E-state index is 13.9. The molecule has 1 N–H and O–H groups in total. The minimum atomic E-state index is -0.485. The van der Waals surface area contributed by atoms with Gasteiger partial charge in [-0.25, -0.2) is 9.59 Å². The van der Waals surface area contributed by atoms with Crippen LogP contribution in [0, 0.1) is 0 Å².